The molecule has 2 aliphatic rings. The maximum absolute atomic E-state index is 6.11. The Morgan fingerprint density at radius 1 is 1.10 bits per heavy atom. The van der Waals surface area contributed by atoms with E-state index in [0.717, 1.165) is 51.1 Å². The second-order valence-corrected chi connectivity index (χ2v) is 8.59. The lowest BCUT2D eigenvalue weighted by Gasteiger charge is -2.32. The van der Waals surface area contributed by atoms with Gasteiger partial charge in [-0.25, -0.2) is 0 Å². The fourth-order valence-corrected chi connectivity index (χ4v) is 4.06. The first kappa shape index (κ1) is 20.5. The van der Waals surface area contributed by atoms with E-state index in [0.29, 0.717) is 36.4 Å². The van der Waals surface area contributed by atoms with Crippen molar-refractivity contribution in [1.82, 2.24) is 15.0 Å². The van der Waals surface area contributed by atoms with Crippen molar-refractivity contribution in [3.8, 4) is 11.4 Å². The van der Waals surface area contributed by atoms with Gasteiger partial charge in [0.25, 0.3) is 0 Å². The monoisotopic (exact) mass is 399 g/mol. The number of piperidine rings is 1. The maximum atomic E-state index is 6.11. The third-order valence-corrected chi connectivity index (χ3v) is 5.99. The van der Waals surface area contributed by atoms with Crippen molar-refractivity contribution in [2.75, 3.05) is 26.3 Å². The van der Waals surface area contributed by atoms with Crippen LogP contribution in [0.4, 0.5) is 0 Å². The van der Waals surface area contributed by atoms with Crippen molar-refractivity contribution in [3.63, 3.8) is 0 Å². The highest BCUT2D eigenvalue weighted by Crippen LogP contribution is 2.22. The number of hydrogen-bond donors (Lipinski definition) is 0. The normalized spacial score (nSPS) is 21.7. The van der Waals surface area contributed by atoms with Gasteiger partial charge in [-0.05, 0) is 43.6 Å². The van der Waals surface area contributed by atoms with E-state index in [1.54, 1.807) is 0 Å². The molecule has 0 saturated carbocycles. The van der Waals surface area contributed by atoms with Crippen molar-refractivity contribution >= 4 is 0 Å². The zero-order valence-electron chi connectivity index (χ0n) is 17.7. The molecule has 158 valence electrons. The Hall–Kier alpha value is -1.76. The first-order valence-electron chi connectivity index (χ1n) is 11.1. The van der Waals surface area contributed by atoms with Crippen LogP contribution in [0.3, 0.4) is 0 Å². The molecule has 29 heavy (non-hydrogen) atoms. The third kappa shape index (κ3) is 5.65. The lowest BCUT2D eigenvalue weighted by atomic mass is 10.0. The summed E-state index contributed by atoms with van der Waals surface area (Å²) < 4.78 is 17.4. The first-order valence-corrected chi connectivity index (χ1v) is 11.1. The fourth-order valence-electron chi connectivity index (χ4n) is 4.06. The highest BCUT2D eigenvalue weighted by molar-refractivity contribution is 5.54. The van der Waals surface area contributed by atoms with Crippen molar-refractivity contribution in [2.45, 2.75) is 70.6 Å². The highest BCUT2D eigenvalue weighted by atomic mass is 16.5. The van der Waals surface area contributed by atoms with E-state index in [2.05, 4.69) is 53.2 Å². The average Bonchev–Trinajstić information content (AvgIpc) is 3.22. The van der Waals surface area contributed by atoms with Crippen LogP contribution < -0.4 is 0 Å². The van der Waals surface area contributed by atoms with E-state index >= 15 is 0 Å². The summed E-state index contributed by atoms with van der Waals surface area (Å²) in [4.78, 5) is 6.97. The van der Waals surface area contributed by atoms with E-state index in [1.807, 2.05) is 0 Å². The van der Waals surface area contributed by atoms with Crippen LogP contribution in [0, 0.1) is 0 Å². The summed E-state index contributed by atoms with van der Waals surface area (Å²) in [5.41, 5.74) is 2.32. The summed E-state index contributed by atoms with van der Waals surface area (Å²) in [6, 6.07) is 8.42. The quantitative estimate of drug-likeness (QED) is 0.687. The van der Waals surface area contributed by atoms with Gasteiger partial charge >= 0.3 is 0 Å². The second-order valence-electron chi connectivity index (χ2n) is 8.59. The maximum Gasteiger partial charge on any atom is 0.241 e. The molecule has 1 unspecified atom stereocenters. The van der Waals surface area contributed by atoms with Crippen molar-refractivity contribution < 1.29 is 14.0 Å². The van der Waals surface area contributed by atoms with Crippen LogP contribution in [0.5, 0.6) is 0 Å². The highest BCUT2D eigenvalue weighted by Gasteiger charge is 2.23. The summed E-state index contributed by atoms with van der Waals surface area (Å²) >= 11 is 0. The van der Waals surface area contributed by atoms with Crippen LogP contribution in [-0.2, 0) is 16.0 Å². The van der Waals surface area contributed by atoms with Crippen LogP contribution >= 0.6 is 0 Å². The number of aromatic nitrogens is 2. The number of ether oxygens (including phenoxy) is 2. The Bertz CT molecular complexity index is 745. The molecule has 2 fully saturated rings. The lowest BCUT2D eigenvalue weighted by Crippen LogP contribution is -2.38. The van der Waals surface area contributed by atoms with Gasteiger partial charge in [0.1, 0.15) is 0 Å². The molecule has 0 bridgehead atoms. The molecule has 4 rings (SSSR count). The van der Waals surface area contributed by atoms with Crippen LogP contribution in [0.15, 0.2) is 28.8 Å². The number of rotatable bonds is 7. The first-order chi connectivity index (χ1) is 14.2. The van der Waals surface area contributed by atoms with E-state index in [-0.39, 0.29) is 0 Å². The molecule has 1 aromatic heterocycles. The van der Waals surface area contributed by atoms with Crippen molar-refractivity contribution in [3.05, 3.63) is 35.7 Å². The SMILES string of the molecule is CC(C)c1ccc(-c2noc(CN3CCC(OCC4CCCCO4)CC3)n2)cc1. The summed E-state index contributed by atoms with van der Waals surface area (Å²) in [5.74, 6) is 1.87. The summed E-state index contributed by atoms with van der Waals surface area (Å²) in [7, 11) is 0. The number of likely N-dealkylation sites (tertiary alicyclic amines) is 1. The minimum atomic E-state index is 0.299. The van der Waals surface area contributed by atoms with Gasteiger partial charge in [0.2, 0.25) is 11.7 Å². The van der Waals surface area contributed by atoms with Gasteiger partial charge in [-0.1, -0.05) is 43.3 Å². The largest absolute Gasteiger partial charge is 0.376 e. The number of hydrogen-bond acceptors (Lipinski definition) is 6. The van der Waals surface area contributed by atoms with Crippen molar-refractivity contribution in [2.24, 2.45) is 0 Å². The van der Waals surface area contributed by atoms with Gasteiger partial charge < -0.3 is 14.0 Å². The molecule has 2 aromatic rings. The van der Waals surface area contributed by atoms with E-state index < -0.39 is 0 Å². The van der Waals surface area contributed by atoms with Gasteiger partial charge in [-0.2, -0.15) is 4.98 Å². The lowest BCUT2D eigenvalue weighted by molar-refractivity contribution is -0.0756. The van der Waals surface area contributed by atoms with Gasteiger partial charge in [-0.15, -0.1) is 0 Å². The number of nitrogens with zero attached hydrogens (tertiary/aromatic N) is 3. The zero-order valence-corrected chi connectivity index (χ0v) is 17.7. The Labute approximate surface area is 173 Å². The Morgan fingerprint density at radius 3 is 2.59 bits per heavy atom. The van der Waals surface area contributed by atoms with Gasteiger partial charge in [-0.3, -0.25) is 4.90 Å². The third-order valence-electron chi connectivity index (χ3n) is 5.99. The molecule has 1 aromatic carbocycles. The topological polar surface area (TPSA) is 60.6 Å². The molecule has 0 aliphatic carbocycles. The molecular weight excluding hydrogens is 366 g/mol. The minimum Gasteiger partial charge on any atom is -0.376 e. The van der Waals surface area contributed by atoms with Crippen LogP contribution in [0.2, 0.25) is 0 Å². The average molecular weight is 400 g/mol. The standard InChI is InChI=1S/C23H33N3O3/c1-17(2)18-6-8-19(9-7-18)23-24-22(29-25-23)15-26-12-10-20(11-13-26)28-16-21-5-3-4-14-27-21/h6-9,17,20-21H,3-5,10-16H2,1-2H3. The summed E-state index contributed by atoms with van der Waals surface area (Å²) in [6.45, 7) is 8.72. The molecule has 1 atom stereocenters. The van der Waals surface area contributed by atoms with E-state index in [1.165, 1.54) is 18.4 Å². The molecule has 2 saturated heterocycles. The van der Waals surface area contributed by atoms with Crippen LogP contribution in [0.25, 0.3) is 11.4 Å². The van der Waals surface area contributed by atoms with Crippen LogP contribution in [0.1, 0.15) is 63.3 Å². The fraction of sp³-hybridized carbons (Fsp3) is 0.652. The molecule has 3 heterocycles. The second kappa shape index (κ2) is 9.83. The van der Waals surface area contributed by atoms with Gasteiger partial charge in [0.05, 0.1) is 25.4 Å². The van der Waals surface area contributed by atoms with Crippen molar-refractivity contribution in [1.29, 1.82) is 0 Å². The zero-order chi connectivity index (χ0) is 20.1. The number of benzene rings is 1. The summed E-state index contributed by atoms with van der Waals surface area (Å²) in [6.07, 6.45) is 6.33. The molecule has 0 radical (unpaired) electrons. The Morgan fingerprint density at radius 2 is 1.90 bits per heavy atom. The Balaban J connectivity index is 1.22. The predicted octanol–water partition coefficient (Wildman–Crippen LogP) is 4.41. The minimum absolute atomic E-state index is 0.299. The molecule has 0 spiro atoms. The van der Waals surface area contributed by atoms with E-state index in [4.69, 9.17) is 14.0 Å². The van der Waals surface area contributed by atoms with Gasteiger partial charge in [0.15, 0.2) is 0 Å². The summed E-state index contributed by atoms with van der Waals surface area (Å²) in [5, 5.41) is 4.17. The molecule has 0 amide bonds. The molecule has 6 nitrogen and oxygen atoms in total. The molecule has 6 heteroatoms. The molecule has 0 N–H and O–H groups in total. The smallest absolute Gasteiger partial charge is 0.241 e. The molecular formula is C23H33N3O3. The van der Waals surface area contributed by atoms with Gasteiger partial charge in [0, 0.05) is 25.3 Å². The Kier molecular flexibility index (Phi) is 6.95. The van der Waals surface area contributed by atoms with Crippen LogP contribution in [-0.4, -0.2) is 53.6 Å². The molecule has 2 aliphatic heterocycles. The predicted molar refractivity (Wildman–Crippen MR) is 112 cm³/mol. The van der Waals surface area contributed by atoms with E-state index in [9.17, 15) is 0 Å².